The van der Waals surface area contributed by atoms with Crippen LogP contribution in [-0.4, -0.2) is 26.9 Å². The maximum absolute atomic E-state index is 14.1. The topological polar surface area (TPSA) is 48.9 Å². The number of benzene rings is 2. The van der Waals surface area contributed by atoms with E-state index in [9.17, 15) is 27.1 Å². The van der Waals surface area contributed by atoms with Gasteiger partial charge in [-0.1, -0.05) is 26.0 Å². The summed E-state index contributed by atoms with van der Waals surface area (Å²) in [6.45, 7) is 3.09. The molecule has 0 fully saturated rings. The van der Waals surface area contributed by atoms with Crippen LogP contribution in [0.2, 0.25) is 0 Å². The van der Waals surface area contributed by atoms with E-state index in [-0.39, 0.29) is 11.5 Å². The van der Waals surface area contributed by atoms with Gasteiger partial charge in [0, 0.05) is 23.1 Å². The number of aliphatic hydroxyl groups is 1. The van der Waals surface area contributed by atoms with Crippen LogP contribution >= 0.6 is 0 Å². The van der Waals surface area contributed by atoms with Gasteiger partial charge in [0.25, 0.3) is 0 Å². The van der Waals surface area contributed by atoms with Crippen molar-refractivity contribution in [2.45, 2.75) is 43.9 Å². The number of hydrogen-bond acceptors (Lipinski definition) is 2. The van der Waals surface area contributed by atoms with Crippen LogP contribution in [0.1, 0.15) is 31.5 Å². The van der Waals surface area contributed by atoms with Crippen LogP contribution in [0.4, 0.5) is 22.0 Å². The summed E-state index contributed by atoms with van der Waals surface area (Å²) in [5.41, 5.74) is -1.96. The molecule has 3 nitrogen and oxygen atoms in total. The summed E-state index contributed by atoms with van der Waals surface area (Å²) in [4.78, 5) is 7.20. The molecule has 4 aromatic rings. The molecule has 8 heteroatoms. The molecule has 0 radical (unpaired) electrons. The predicted octanol–water partition coefficient (Wildman–Crippen LogP) is 6.71. The summed E-state index contributed by atoms with van der Waals surface area (Å²) in [5, 5.41) is 11.5. The highest BCUT2D eigenvalue weighted by molar-refractivity contribution is 5.83. The molecule has 0 spiro atoms. The highest BCUT2D eigenvalue weighted by atomic mass is 19.4. The van der Waals surface area contributed by atoms with Crippen LogP contribution in [-0.2, 0) is 11.8 Å². The van der Waals surface area contributed by atoms with Gasteiger partial charge in [-0.25, -0.2) is 8.78 Å². The van der Waals surface area contributed by atoms with Gasteiger partial charge in [0.15, 0.2) is 5.60 Å². The monoisotopic (exact) mass is 474 g/mol. The Morgan fingerprint density at radius 1 is 0.912 bits per heavy atom. The molecule has 4 rings (SSSR count). The average Bonchev–Trinajstić information content (AvgIpc) is 3.14. The minimum Gasteiger partial charge on any atom is -0.380 e. The summed E-state index contributed by atoms with van der Waals surface area (Å²) in [5.74, 6) is -0.942. The van der Waals surface area contributed by atoms with Crippen LogP contribution < -0.4 is 0 Å². The van der Waals surface area contributed by atoms with Crippen molar-refractivity contribution in [1.82, 2.24) is 9.97 Å². The molecule has 0 saturated carbocycles. The standard InChI is InChI=1S/C26H23F5N2O/c1-24(2,18-4-3-5-20(28)12-18)15-25(34,26(29,30)31)13-21-10-17-11-22(32-14-23(17)33-21)16-6-8-19(27)9-7-16/h3-12,14,33-34H,13,15H2,1-2H3. The van der Waals surface area contributed by atoms with Crippen molar-refractivity contribution in [3.63, 3.8) is 0 Å². The van der Waals surface area contributed by atoms with Crippen LogP contribution in [0.5, 0.6) is 0 Å². The molecule has 0 aliphatic rings. The van der Waals surface area contributed by atoms with E-state index in [1.165, 1.54) is 42.6 Å². The number of aromatic amines is 1. The van der Waals surface area contributed by atoms with Gasteiger partial charge in [-0.2, -0.15) is 13.2 Å². The molecular weight excluding hydrogens is 451 g/mol. The first kappa shape index (κ1) is 23.9. The summed E-state index contributed by atoms with van der Waals surface area (Å²) < 4.78 is 69.2. The lowest BCUT2D eigenvalue weighted by molar-refractivity contribution is -0.266. The predicted molar refractivity (Wildman–Crippen MR) is 120 cm³/mol. The largest absolute Gasteiger partial charge is 0.417 e. The first-order chi connectivity index (χ1) is 15.9. The molecule has 0 aliphatic carbocycles. The molecular formula is C26H23F5N2O. The number of H-pyrrole nitrogens is 1. The van der Waals surface area contributed by atoms with Gasteiger partial charge in [0.1, 0.15) is 11.6 Å². The van der Waals surface area contributed by atoms with Crippen molar-refractivity contribution in [2.75, 3.05) is 0 Å². The Balaban J connectivity index is 1.65. The van der Waals surface area contributed by atoms with Gasteiger partial charge in [-0.15, -0.1) is 0 Å². The molecule has 2 aromatic heterocycles. The number of hydrogen-bond donors (Lipinski definition) is 2. The van der Waals surface area contributed by atoms with Gasteiger partial charge >= 0.3 is 6.18 Å². The molecule has 1 atom stereocenters. The minimum atomic E-state index is -4.92. The van der Waals surface area contributed by atoms with Gasteiger partial charge in [-0.05, 0) is 65.9 Å². The summed E-state index contributed by atoms with van der Waals surface area (Å²) in [7, 11) is 0. The van der Waals surface area contributed by atoms with E-state index >= 15 is 0 Å². The first-order valence-corrected chi connectivity index (χ1v) is 10.7. The highest BCUT2D eigenvalue weighted by Crippen LogP contribution is 2.43. The number of alkyl halides is 3. The fraction of sp³-hybridized carbons (Fsp3) is 0.269. The molecule has 2 heterocycles. The summed E-state index contributed by atoms with van der Waals surface area (Å²) >= 11 is 0. The van der Waals surface area contributed by atoms with Crippen molar-refractivity contribution in [1.29, 1.82) is 0 Å². The third-order valence-corrected chi connectivity index (χ3v) is 6.05. The number of halogens is 5. The second kappa shape index (κ2) is 8.51. The van der Waals surface area contributed by atoms with E-state index in [1.807, 2.05) is 0 Å². The van der Waals surface area contributed by atoms with Crippen molar-refractivity contribution in [3.05, 3.63) is 89.8 Å². The zero-order chi connectivity index (χ0) is 24.7. The molecule has 178 valence electrons. The van der Waals surface area contributed by atoms with Crippen LogP contribution in [0, 0.1) is 11.6 Å². The van der Waals surface area contributed by atoms with E-state index in [0.717, 1.165) is 0 Å². The summed E-state index contributed by atoms with van der Waals surface area (Å²) in [6.07, 6.45) is -4.82. The fourth-order valence-corrected chi connectivity index (χ4v) is 4.29. The van der Waals surface area contributed by atoms with Crippen LogP contribution in [0.25, 0.3) is 22.2 Å². The first-order valence-electron chi connectivity index (χ1n) is 10.7. The summed E-state index contributed by atoms with van der Waals surface area (Å²) in [6, 6.07) is 14.3. The number of nitrogens with one attached hydrogen (secondary N) is 1. The van der Waals surface area contributed by atoms with Crippen molar-refractivity contribution in [3.8, 4) is 11.3 Å². The Morgan fingerprint density at radius 3 is 2.26 bits per heavy atom. The third kappa shape index (κ3) is 4.82. The van der Waals surface area contributed by atoms with Crippen LogP contribution in [0.15, 0.2) is 66.9 Å². The molecule has 2 N–H and O–H groups in total. The number of aromatic nitrogens is 2. The number of fused-ring (bicyclic) bond motifs is 1. The number of pyridine rings is 1. The zero-order valence-electron chi connectivity index (χ0n) is 18.5. The van der Waals surface area contributed by atoms with Crippen molar-refractivity contribution >= 4 is 10.9 Å². The van der Waals surface area contributed by atoms with E-state index in [4.69, 9.17) is 0 Å². The zero-order valence-corrected chi connectivity index (χ0v) is 18.5. The van der Waals surface area contributed by atoms with E-state index in [1.54, 1.807) is 38.1 Å². The Labute approximate surface area is 193 Å². The van der Waals surface area contributed by atoms with Gasteiger partial charge in [0.2, 0.25) is 0 Å². The van der Waals surface area contributed by atoms with E-state index in [2.05, 4.69) is 9.97 Å². The maximum atomic E-state index is 14.1. The fourth-order valence-electron chi connectivity index (χ4n) is 4.29. The van der Waals surface area contributed by atoms with Gasteiger partial charge < -0.3 is 10.1 Å². The lowest BCUT2D eigenvalue weighted by Gasteiger charge is -2.38. The molecule has 0 saturated heterocycles. The Bertz CT molecular complexity index is 1310. The SMILES string of the molecule is CC(C)(CC(O)(Cc1cc2cc(-c3ccc(F)cc3)ncc2[nH]1)C(F)(F)F)c1cccc(F)c1. The van der Waals surface area contributed by atoms with Crippen molar-refractivity contribution in [2.24, 2.45) is 0 Å². The van der Waals surface area contributed by atoms with Gasteiger partial charge in [0.05, 0.1) is 17.4 Å². The lowest BCUT2D eigenvalue weighted by atomic mass is 9.73. The molecule has 1 unspecified atom stereocenters. The lowest BCUT2D eigenvalue weighted by Crippen LogP contribution is -2.50. The molecule has 0 aliphatic heterocycles. The smallest absolute Gasteiger partial charge is 0.380 e. The molecule has 0 amide bonds. The Morgan fingerprint density at radius 2 is 1.62 bits per heavy atom. The average molecular weight is 474 g/mol. The molecule has 0 bridgehead atoms. The Hall–Kier alpha value is -3.26. The second-order valence-corrected chi connectivity index (χ2v) is 9.24. The highest BCUT2D eigenvalue weighted by Gasteiger charge is 2.56. The minimum absolute atomic E-state index is 0.183. The van der Waals surface area contributed by atoms with Gasteiger partial charge in [-0.3, -0.25) is 4.98 Å². The molecule has 2 aromatic carbocycles. The number of nitrogens with zero attached hydrogens (tertiary/aromatic N) is 1. The third-order valence-electron chi connectivity index (χ3n) is 6.05. The van der Waals surface area contributed by atoms with Crippen molar-refractivity contribution < 1.29 is 27.1 Å². The van der Waals surface area contributed by atoms with E-state index < -0.39 is 35.9 Å². The maximum Gasteiger partial charge on any atom is 0.417 e. The number of rotatable bonds is 6. The Kier molecular flexibility index (Phi) is 5.97. The van der Waals surface area contributed by atoms with E-state index in [0.29, 0.717) is 27.7 Å². The second-order valence-electron chi connectivity index (χ2n) is 9.24. The normalized spacial score (nSPS) is 14.4. The molecule has 34 heavy (non-hydrogen) atoms. The van der Waals surface area contributed by atoms with Crippen LogP contribution in [0.3, 0.4) is 0 Å². The quantitative estimate of drug-likeness (QED) is 0.305.